The first-order valence-corrected chi connectivity index (χ1v) is 8.49. The maximum absolute atomic E-state index is 14.6. The summed E-state index contributed by atoms with van der Waals surface area (Å²) in [5.74, 6) is -5.43. The van der Waals surface area contributed by atoms with Gasteiger partial charge in [-0.1, -0.05) is 25.7 Å². The summed E-state index contributed by atoms with van der Waals surface area (Å²) in [6, 6.07) is 0. The molecule has 0 aromatic rings. The second-order valence-electron chi connectivity index (χ2n) is 7.02. The molecule has 0 bridgehead atoms. The van der Waals surface area contributed by atoms with Crippen LogP contribution in [0.2, 0.25) is 4.78 Å². The van der Waals surface area contributed by atoms with Gasteiger partial charge in [0.1, 0.15) is 28.6 Å². The summed E-state index contributed by atoms with van der Waals surface area (Å²) in [7, 11) is 0. The molecule has 5 unspecified atom stereocenters. The molecule has 7 heteroatoms. The van der Waals surface area contributed by atoms with Gasteiger partial charge < -0.3 is 0 Å². The van der Waals surface area contributed by atoms with Crippen LogP contribution in [0.5, 0.6) is 0 Å². The normalized spacial score (nSPS) is 47.0. The monoisotopic (exact) mass is 655 g/mol. The van der Waals surface area contributed by atoms with E-state index in [1.807, 2.05) is 0 Å². The quantitative estimate of drug-likeness (QED) is 0.290. The van der Waals surface area contributed by atoms with Gasteiger partial charge in [0, 0.05) is 64.5 Å². The summed E-state index contributed by atoms with van der Waals surface area (Å²) in [5.41, 5.74) is 0. The van der Waals surface area contributed by atoms with Crippen LogP contribution in [0.15, 0.2) is 0 Å². The third-order valence-electron chi connectivity index (χ3n) is 5.89. The molecule has 0 aromatic carbocycles. The zero-order chi connectivity index (χ0) is 14.5. The van der Waals surface area contributed by atoms with E-state index in [2.05, 4.69) is 16.3 Å². The van der Waals surface area contributed by atoms with Crippen LogP contribution in [0.4, 0.5) is 17.6 Å². The van der Waals surface area contributed by atoms with Crippen molar-refractivity contribution in [2.45, 2.75) is 68.0 Å². The Morgan fingerprint density at radius 1 is 0.864 bits per heavy atom. The van der Waals surface area contributed by atoms with Crippen LogP contribution in [-0.2, 0) is 20.4 Å². The standard InChI is InChI=1S/C15H21F4.Al.Dy.Re/c16-12-7-6-10-8-11(9-4-2-1-3-5-9)15(18,19)13(10)14(12)17;;;/h1,9-14H,2-8H2;;;. The van der Waals surface area contributed by atoms with Crippen LogP contribution in [0.25, 0.3) is 0 Å². The van der Waals surface area contributed by atoms with Crippen molar-refractivity contribution >= 4 is 16.3 Å². The molecule has 0 aromatic heterocycles. The van der Waals surface area contributed by atoms with Gasteiger partial charge in [-0.05, 0) is 31.1 Å². The second kappa shape index (κ2) is 8.72. The molecule has 3 fully saturated rings. The van der Waals surface area contributed by atoms with Gasteiger partial charge in [0.05, 0.1) is 5.92 Å². The molecule has 0 saturated heterocycles. The van der Waals surface area contributed by atoms with Gasteiger partial charge >= 0.3 is 0 Å². The third kappa shape index (κ3) is 4.12. The summed E-state index contributed by atoms with van der Waals surface area (Å²) in [5, 5.41) is 0. The number of fused-ring (bicyclic) bond motifs is 1. The Morgan fingerprint density at radius 3 is 2.00 bits per heavy atom. The van der Waals surface area contributed by atoms with Crippen molar-refractivity contribution < 1.29 is 76.2 Å². The fourth-order valence-corrected chi connectivity index (χ4v) is 5.16. The summed E-state index contributed by atoms with van der Waals surface area (Å²) < 4.78 is 57.3. The predicted molar refractivity (Wildman–Crippen MR) is 70.5 cm³/mol. The van der Waals surface area contributed by atoms with E-state index in [1.165, 1.54) is 0 Å². The van der Waals surface area contributed by atoms with E-state index in [4.69, 9.17) is 0 Å². The van der Waals surface area contributed by atoms with Crippen molar-refractivity contribution in [3.05, 3.63) is 0 Å². The molecule has 3 aliphatic rings. The molecule has 0 aliphatic heterocycles. The van der Waals surface area contributed by atoms with E-state index < -0.39 is 30.1 Å². The average Bonchev–Trinajstić information content (AvgIpc) is 2.67. The Labute approximate surface area is 182 Å². The van der Waals surface area contributed by atoms with Crippen molar-refractivity contribution in [1.29, 1.82) is 0 Å². The molecule has 0 heterocycles. The van der Waals surface area contributed by atoms with Gasteiger partial charge in [-0.15, -0.1) is 4.78 Å². The Morgan fingerprint density at radius 2 is 1.41 bits per heavy atom. The Bertz CT molecular complexity index is 365. The zero-order valence-electron chi connectivity index (χ0n) is 12.3. The van der Waals surface area contributed by atoms with E-state index in [0.29, 0.717) is 17.6 Å². The van der Waals surface area contributed by atoms with Crippen LogP contribution in [-0.4, -0.2) is 34.6 Å². The van der Waals surface area contributed by atoms with E-state index in [1.54, 1.807) is 0 Å². The number of hydrogen-bond acceptors (Lipinski definition) is 0. The molecule has 129 valence electrons. The average molecular weight is 653 g/mol. The Balaban J connectivity index is 0.00000121. The molecule has 3 aliphatic carbocycles. The van der Waals surface area contributed by atoms with E-state index in [-0.39, 0.29) is 76.9 Å². The first-order chi connectivity index (χ1) is 9.41. The van der Waals surface area contributed by atoms with Crippen LogP contribution < -0.4 is 0 Å². The van der Waals surface area contributed by atoms with Gasteiger partial charge in [-0.25, -0.2) is 17.6 Å². The molecule has 0 amide bonds. The Hall–Kier alpha value is 2.19. The topological polar surface area (TPSA) is 0 Å². The van der Waals surface area contributed by atoms with Crippen LogP contribution in [0, 0.1) is 61.8 Å². The van der Waals surface area contributed by atoms with Gasteiger partial charge in [0.15, 0.2) is 0 Å². The molecule has 3 rings (SSSR count). The minimum absolute atomic E-state index is 0. The number of hydrogen-bond donors (Lipinski definition) is 0. The van der Waals surface area contributed by atoms with E-state index >= 15 is 0 Å². The van der Waals surface area contributed by atoms with Crippen molar-refractivity contribution in [2.75, 3.05) is 0 Å². The van der Waals surface area contributed by atoms with E-state index in [0.717, 1.165) is 25.7 Å². The molecule has 22 heavy (non-hydrogen) atoms. The minimum Gasteiger partial charge on any atom is -0.244 e. The summed E-state index contributed by atoms with van der Waals surface area (Å²) in [6.45, 7) is 0. The number of alkyl halides is 4. The molecule has 3 saturated carbocycles. The van der Waals surface area contributed by atoms with Crippen molar-refractivity contribution in [3.63, 3.8) is 0 Å². The summed E-state index contributed by atoms with van der Waals surface area (Å²) >= 11 is 2.77. The van der Waals surface area contributed by atoms with Crippen LogP contribution in [0.1, 0.15) is 44.9 Å². The third-order valence-corrected chi connectivity index (χ3v) is 6.56. The summed E-state index contributed by atoms with van der Waals surface area (Å²) in [6.07, 6.45) is 0.825. The molecule has 5 atom stereocenters. The van der Waals surface area contributed by atoms with Gasteiger partial charge in [0.2, 0.25) is 0 Å². The molecular weight excluding hydrogens is 632 g/mol. The maximum Gasteiger partial charge on any atom is 0.257 e. The summed E-state index contributed by atoms with van der Waals surface area (Å²) in [4.78, 5) is 0. The molecule has 3 radical (unpaired) electrons. The van der Waals surface area contributed by atoms with Gasteiger partial charge in [-0.3, -0.25) is 0 Å². The largest absolute Gasteiger partial charge is 0.257 e. The van der Waals surface area contributed by atoms with Crippen molar-refractivity contribution in [2.24, 2.45) is 23.7 Å². The van der Waals surface area contributed by atoms with Crippen molar-refractivity contribution in [3.8, 4) is 0 Å². The molecule has 0 nitrogen and oxygen atoms in total. The number of halogens is 4. The predicted octanol–water partition coefficient (Wildman–Crippen LogP) is 4.49. The van der Waals surface area contributed by atoms with Crippen LogP contribution in [0.3, 0.4) is 0 Å². The minimum atomic E-state index is -3.02. The van der Waals surface area contributed by atoms with E-state index in [9.17, 15) is 17.6 Å². The fraction of sp³-hybridized carbons (Fsp3) is 1.00. The van der Waals surface area contributed by atoms with Gasteiger partial charge in [0.25, 0.3) is 5.92 Å². The smallest absolute Gasteiger partial charge is 0.244 e. The Kier molecular flexibility index (Phi) is 8.81. The molecule has 0 spiro atoms. The van der Waals surface area contributed by atoms with Crippen LogP contribution >= 0.6 is 0 Å². The second-order valence-corrected chi connectivity index (χ2v) is 7.96. The maximum atomic E-state index is 14.6. The molecular formula is C15H21AlDyF4Re. The SMILES string of the molecule is FC1CCC2CC(C3CC[CH]([Al])CC3)C(F)(F)C2C1F.[Dy].[Re]. The fourth-order valence-electron chi connectivity index (χ4n) is 4.77. The van der Waals surface area contributed by atoms with Gasteiger partial charge in [-0.2, -0.15) is 0 Å². The van der Waals surface area contributed by atoms with Crippen molar-refractivity contribution in [1.82, 2.24) is 0 Å². The first kappa shape index (κ1) is 22.2. The molecule has 0 N–H and O–H groups in total. The number of rotatable bonds is 1. The first-order valence-electron chi connectivity index (χ1n) is 7.82. The zero-order valence-corrected chi connectivity index (χ0v) is 18.2.